The lowest BCUT2D eigenvalue weighted by Crippen LogP contribution is -2.66. The molecule has 0 bridgehead atoms. The summed E-state index contributed by atoms with van der Waals surface area (Å²) in [6, 6.07) is -0.973. The van der Waals surface area contributed by atoms with Gasteiger partial charge in [0.25, 0.3) is 0 Å². The van der Waals surface area contributed by atoms with Crippen molar-refractivity contribution in [2.45, 2.75) is 471 Å². The van der Waals surface area contributed by atoms with Crippen LogP contribution in [0.3, 0.4) is 0 Å². The van der Waals surface area contributed by atoms with Gasteiger partial charge in [-0.1, -0.05) is 351 Å². The Morgan fingerprint density at radius 1 is 0.340 bits per heavy atom. The Bertz CT molecular complexity index is 2100. The first-order valence-corrected chi connectivity index (χ1v) is 43.9. The van der Waals surface area contributed by atoms with Crippen LogP contribution in [-0.2, 0) is 33.2 Å². The quantitative estimate of drug-likeness (QED) is 0.0199. The van der Waals surface area contributed by atoms with E-state index < -0.39 is 124 Å². The third-order valence-electron chi connectivity index (χ3n) is 21.9. The van der Waals surface area contributed by atoms with E-state index >= 15 is 0 Å². The fraction of sp³-hybridized carbons (Fsp3) is 0.897. The minimum Gasteiger partial charge on any atom is -0.394 e. The second-order valence-corrected chi connectivity index (χ2v) is 31.4. The highest BCUT2D eigenvalue weighted by molar-refractivity contribution is 5.76. The van der Waals surface area contributed by atoms with Crippen molar-refractivity contribution >= 4 is 5.91 Å². The molecule has 3 rings (SSSR count). The molecule has 19 nitrogen and oxygen atoms in total. The number of aliphatic hydroxyl groups is 11. The van der Waals surface area contributed by atoms with E-state index in [9.17, 15) is 61.0 Å². The van der Waals surface area contributed by atoms with E-state index in [0.717, 1.165) is 57.8 Å². The summed E-state index contributed by atoms with van der Waals surface area (Å²) in [6.45, 7) is 1.78. The number of hydrogen-bond donors (Lipinski definition) is 12. The van der Waals surface area contributed by atoms with Gasteiger partial charge in [-0.3, -0.25) is 4.79 Å². The van der Waals surface area contributed by atoms with Crippen LogP contribution in [0, 0.1) is 0 Å². The monoisotopic (exact) mass is 1510 g/mol. The maximum absolute atomic E-state index is 13.5. The molecule has 3 aliphatic rings. The molecule has 1 amide bonds. The Morgan fingerprint density at radius 2 is 0.623 bits per heavy atom. The lowest BCUT2D eigenvalue weighted by atomic mass is 9.96. The van der Waals surface area contributed by atoms with Crippen LogP contribution >= 0.6 is 0 Å². The van der Waals surface area contributed by atoms with Gasteiger partial charge in [0.2, 0.25) is 5.91 Å². The number of carbonyl (C=O) groups is 1. The summed E-state index contributed by atoms with van der Waals surface area (Å²) in [5.41, 5.74) is 0. The van der Waals surface area contributed by atoms with Crippen LogP contribution in [-0.4, -0.2) is 193 Å². The van der Waals surface area contributed by atoms with Gasteiger partial charge < -0.3 is 89.9 Å². The minimum atomic E-state index is -1.98. The van der Waals surface area contributed by atoms with Gasteiger partial charge >= 0.3 is 0 Å². The van der Waals surface area contributed by atoms with E-state index in [1.54, 1.807) is 6.08 Å². The summed E-state index contributed by atoms with van der Waals surface area (Å²) < 4.78 is 34.5. The predicted octanol–water partition coefficient (Wildman–Crippen LogP) is 16.0. The number of rotatable bonds is 71. The summed E-state index contributed by atoms with van der Waals surface area (Å²) in [5.74, 6) is -0.268. The number of ether oxygens (including phenoxy) is 6. The molecule has 3 heterocycles. The highest BCUT2D eigenvalue weighted by Crippen LogP contribution is 2.33. The number of hydrogen-bond acceptors (Lipinski definition) is 18. The van der Waals surface area contributed by atoms with E-state index in [2.05, 4.69) is 55.6 Å². The Kier molecular flexibility index (Phi) is 62.2. The summed E-state index contributed by atoms with van der Waals surface area (Å²) in [7, 11) is 0. The van der Waals surface area contributed by atoms with Crippen LogP contribution in [0.1, 0.15) is 367 Å². The van der Waals surface area contributed by atoms with Crippen molar-refractivity contribution in [3.8, 4) is 0 Å². The molecular formula is C87H161NO18. The standard InChI is InChI=1S/C87H161NO18/c1-3-5-7-9-11-13-15-17-19-21-23-25-26-27-28-29-30-31-32-33-34-35-36-37-38-39-40-41-42-43-44-45-47-49-51-53-55-57-59-61-63-65-75(93)88-70(71(92)64-62-60-58-56-54-52-50-48-46-24-22-20-18-16-14-12-10-8-6-4-2)69-101-85-81(99)78(96)83(73(67-90)103-85)106-87-82(100)79(97)84(74(68-91)104-87)105-86-80(98)77(95)76(94)72(66-89)102-86/h15,17,21,23,26-27,62,64,70-74,76-87,89-92,94-100H,3-14,16,18-20,22,24-25,28-61,63,65-69H2,1-2H3,(H,88,93)/b17-15-,23-21-,27-26-,64-62+. The first-order chi connectivity index (χ1) is 51.8. The molecule has 0 aromatic heterocycles. The number of allylic oxidation sites excluding steroid dienone is 7. The Balaban J connectivity index is 1.29. The van der Waals surface area contributed by atoms with Crippen LogP contribution in [0.2, 0.25) is 0 Å². The van der Waals surface area contributed by atoms with Crippen molar-refractivity contribution in [2.75, 3.05) is 26.4 Å². The second kappa shape index (κ2) is 67.3. The highest BCUT2D eigenvalue weighted by Gasteiger charge is 2.54. The Hall–Kier alpha value is -2.25. The molecule has 3 aliphatic heterocycles. The molecule has 0 aliphatic carbocycles. The normalized spacial score (nSPS) is 25.8. The van der Waals surface area contributed by atoms with E-state index in [4.69, 9.17) is 28.4 Å². The molecule has 3 fully saturated rings. The van der Waals surface area contributed by atoms with Crippen molar-refractivity contribution in [1.29, 1.82) is 0 Å². The molecule has 106 heavy (non-hydrogen) atoms. The molecular weight excluding hydrogens is 1350 g/mol. The van der Waals surface area contributed by atoms with E-state index in [-0.39, 0.29) is 18.9 Å². The molecule has 0 spiro atoms. The van der Waals surface area contributed by atoms with Crippen LogP contribution in [0.5, 0.6) is 0 Å². The molecule has 622 valence electrons. The SMILES string of the molecule is CCCCCCC/C=C\C/C=C\C/C=C\CCCCCCCCCCCCCCCCCCCCCCCCCCCCC(=O)NC(COC1OC(CO)C(OC2OC(CO)C(OC3OC(CO)C(O)C(O)C3O)C(O)C2O)C(O)C1O)C(O)/C=C/CCCCCCCCCCCCCCCCCCCC. The maximum Gasteiger partial charge on any atom is 0.220 e. The Labute approximate surface area is 643 Å². The number of carbonyl (C=O) groups excluding carboxylic acids is 1. The summed E-state index contributed by atoms with van der Waals surface area (Å²) in [4.78, 5) is 13.5. The third-order valence-corrected chi connectivity index (χ3v) is 21.9. The number of unbranched alkanes of at least 4 members (excludes halogenated alkanes) is 49. The predicted molar refractivity (Wildman–Crippen MR) is 425 cm³/mol. The lowest BCUT2D eigenvalue weighted by molar-refractivity contribution is -0.379. The molecule has 0 saturated carbocycles. The molecule has 17 atom stereocenters. The van der Waals surface area contributed by atoms with Crippen molar-refractivity contribution in [3.63, 3.8) is 0 Å². The van der Waals surface area contributed by atoms with Gasteiger partial charge in [0, 0.05) is 6.42 Å². The fourth-order valence-corrected chi connectivity index (χ4v) is 14.9. The zero-order valence-electron chi connectivity index (χ0n) is 66.9. The average molecular weight is 1510 g/mol. The summed E-state index contributed by atoms with van der Waals surface area (Å²) in [5, 5.41) is 121. The van der Waals surface area contributed by atoms with Crippen LogP contribution in [0.25, 0.3) is 0 Å². The van der Waals surface area contributed by atoms with Gasteiger partial charge in [-0.25, -0.2) is 0 Å². The minimum absolute atomic E-state index is 0.247. The first-order valence-electron chi connectivity index (χ1n) is 43.9. The Morgan fingerprint density at radius 3 is 0.972 bits per heavy atom. The van der Waals surface area contributed by atoms with Gasteiger partial charge in [-0.15, -0.1) is 0 Å². The van der Waals surface area contributed by atoms with Crippen molar-refractivity contribution in [1.82, 2.24) is 5.32 Å². The molecule has 3 saturated heterocycles. The van der Waals surface area contributed by atoms with Crippen molar-refractivity contribution in [2.24, 2.45) is 0 Å². The topological polar surface area (TPSA) is 307 Å². The van der Waals surface area contributed by atoms with E-state index in [0.29, 0.717) is 6.42 Å². The maximum atomic E-state index is 13.5. The van der Waals surface area contributed by atoms with Gasteiger partial charge in [0.15, 0.2) is 18.9 Å². The fourth-order valence-electron chi connectivity index (χ4n) is 14.9. The highest BCUT2D eigenvalue weighted by atomic mass is 16.8. The lowest BCUT2D eigenvalue weighted by Gasteiger charge is -2.48. The van der Waals surface area contributed by atoms with Gasteiger partial charge in [-0.05, 0) is 57.8 Å². The molecule has 0 aromatic carbocycles. The molecule has 0 aromatic rings. The van der Waals surface area contributed by atoms with E-state index in [1.807, 2.05) is 6.08 Å². The number of aliphatic hydroxyl groups excluding tert-OH is 11. The van der Waals surface area contributed by atoms with Crippen molar-refractivity contribution in [3.05, 3.63) is 48.6 Å². The molecule has 0 radical (unpaired) electrons. The second-order valence-electron chi connectivity index (χ2n) is 31.4. The largest absolute Gasteiger partial charge is 0.394 e. The van der Waals surface area contributed by atoms with Crippen LogP contribution in [0.4, 0.5) is 0 Å². The average Bonchev–Trinajstić information content (AvgIpc) is 0.780. The van der Waals surface area contributed by atoms with Crippen LogP contribution < -0.4 is 5.32 Å². The van der Waals surface area contributed by atoms with E-state index in [1.165, 1.54) is 283 Å². The van der Waals surface area contributed by atoms with Crippen LogP contribution in [0.15, 0.2) is 48.6 Å². The molecule has 12 N–H and O–H groups in total. The molecule has 17 unspecified atom stereocenters. The van der Waals surface area contributed by atoms with Gasteiger partial charge in [0.1, 0.15) is 73.2 Å². The smallest absolute Gasteiger partial charge is 0.220 e. The van der Waals surface area contributed by atoms with Crippen molar-refractivity contribution < 1.29 is 89.4 Å². The summed E-state index contributed by atoms with van der Waals surface area (Å²) in [6.07, 6.45) is 59.8. The zero-order valence-corrected chi connectivity index (χ0v) is 66.9. The number of nitrogens with one attached hydrogen (secondary N) is 1. The van der Waals surface area contributed by atoms with Gasteiger partial charge in [0.05, 0.1) is 38.6 Å². The first kappa shape index (κ1) is 97.9. The summed E-state index contributed by atoms with van der Waals surface area (Å²) >= 11 is 0. The van der Waals surface area contributed by atoms with Gasteiger partial charge in [-0.2, -0.15) is 0 Å². The third kappa shape index (κ3) is 46.1. The molecule has 19 heteroatoms. The number of amides is 1. The zero-order chi connectivity index (χ0) is 76.7.